The van der Waals surface area contributed by atoms with Gasteiger partial charge in [-0.05, 0) is 87.6 Å². The van der Waals surface area contributed by atoms with Gasteiger partial charge in [-0.1, -0.05) is 100 Å². The molecule has 1 unspecified atom stereocenters. The van der Waals surface area contributed by atoms with Crippen LogP contribution in [0.25, 0.3) is 0 Å². The van der Waals surface area contributed by atoms with Crippen LogP contribution >= 0.6 is 0 Å². The molecule has 0 fully saturated rings. The highest BCUT2D eigenvalue weighted by Gasteiger charge is 2.27. The first-order valence-corrected chi connectivity index (χ1v) is 16.5. The summed E-state index contributed by atoms with van der Waals surface area (Å²) in [6.45, 7) is 24.3. The van der Waals surface area contributed by atoms with Crippen LogP contribution < -0.4 is 10.6 Å². The highest BCUT2D eigenvalue weighted by molar-refractivity contribution is 5.76. The average molecular weight is 609 g/mol. The number of benzene rings is 2. The van der Waals surface area contributed by atoms with E-state index in [1.807, 2.05) is 25.1 Å². The molecule has 6 nitrogen and oxygen atoms in total. The van der Waals surface area contributed by atoms with Crippen molar-refractivity contribution in [3.8, 4) is 11.5 Å². The second kappa shape index (κ2) is 15.3. The van der Waals surface area contributed by atoms with Crippen LogP contribution in [0.4, 0.5) is 0 Å². The zero-order chi connectivity index (χ0) is 33.5. The van der Waals surface area contributed by atoms with Gasteiger partial charge in [0, 0.05) is 25.9 Å². The molecule has 0 aliphatic heterocycles. The number of phenolic OH excluding ortho intramolecular Hbond substituents is 2. The maximum Gasteiger partial charge on any atom is 0.220 e. The Kier molecular flexibility index (Phi) is 12.9. The molecular weight excluding hydrogens is 548 g/mol. The Morgan fingerprint density at radius 3 is 1.52 bits per heavy atom. The molecule has 0 aromatic heterocycles. The van der Waals surface area contributed by atoms with Crippen LogP contribution in [0.15, 0.2) is 24.3 Å². The summed E-state index contributed by atoms with van der Waals surface area (Å²) in [5.41, 5.74) is 5.12. The molecule has 0 saturated carbocycles. The Balaban J connectivity index is 2.02. The summed E-state index contributed by atoms with van der Waals surface area (Å²) < 4.78 is 0. The van der Waals surface area contributed by atoms with Crippen molar-refractivity contribution in [3.05, 3.63) is 57.6 Å². The Hall–Kier alpha value is -3.02. The van der Waals surface area contributed by atoms with Crippen molar-refractivity contribution in [2.45, 2.75) is 143 Å². The standard InChI is InChI=1S/C38H60N2O4/c1-12-19-39-32(41)17-15-26-21-28(34(43)29(22-26)36(3,4)5)25(2)14-13-20-40-33(42)18-16-27-23-30(37(6,7)8)35(44)31(24-27)38(9,10)11/h21-25,43-44H,12-20H2,1-11H3,(H,39,41)(H,40,42). The van der Waals surface area contributed by atoms with Crippen molar-refractivity contribution in [2.75, 3.05) is 13.1 Å². The van der Waals surface area contributed by atoms with Gasteiger partial charge in [-0.2, -0.15) is 0 Å². The quantitative estimate of drug-likeness (QED) is 0.173. The topological polar surface area (TPSA) is 98.7 Å². The lowest BCUT2D eigenvalue weighted by Gasteiger charge is -2.28. The van der Waals surface area contributed by atoms with Crippen LogP contribution in [-0.2, 0) is 38.7 Å². The Bertz CT molecular complexity index is 1240. The van der Waals surface area contributed by atoms with E-state index >= 15 is 0 Å². The van der Waals surface area contributed by atoms with Gasteiger partial charge < -0.3 is 20.8 Å². The minimum Gasteiger partial charge on any atom is -0.507 e. The lowest BCUT2D eigenvalue weighted by molar-refractivity contribution is -0.121. The molecule has 0 aliphatic carbocycles. The van der Waals surface area contributed by atoms with E-state index in [2.05, 4.69) is 85.9 Å². The Labute approximate surface area is 267 Å². The van der Waals surface area contributed by atoms with Crippen molar-refractivity contribution in [1.82, 2.24) is 10.6 Å². The summed E-state index contributed by atoms with van der Waals surface area (Å²) in [6, 6.07) is 8.19. The fraction of sp³-hybridized carbons (Fsp3) is 0.632. The molecule has 0 saturated heterocycles. The SMILES string of the molecule is CCCNC(=O)CCc1cc(C(C)CCCNC(=O)CCc2cc(C(C)(C)C)c(O)c(C(C)(C)C)c2)c(O)c(C(C)(C)C)c1. The molecule has 2 rings (SSSR count). The highest BCUT2D eigenvalue weighted by Crippen LogP contribution is 2.41. The number of aromatic hydroxyl groups is 2. The lowest BCUT2D eigenvalue weighted by Crippen LogP contribution is -2.25. The third-order valence-electron chi connectivity index (χ3n) is 8.31. The number of phenols is 2. The van der Waals surface area contributed by atoms with Gasteiger partial charge in [0.2, 0.25) is 11.8 Å². The lowest BCUT2D eigenvalue weighted by atomic mass is 9.78. The van der Waals surface area contributed by atoms with E-state index < -0.39 is 0 Å². The molecule has 44 heavy (non-hydrogen) atoms. The summed E-state index contributed by atoms with van der Waals surface area (Å²) in [7, 11) is 0. The molecule has 0 heterocycles. The molecule has 2 amide bonds. The Morgan fingerprint density at radius 2 is 1.09 bits per heavy atom. The van der Waals surface area contributed by atoms with Crippen LogP contribution in [-0.4, -0.2) is 35.1 Å². The number of aryl methyl sites for hydroxylation is 2. The summed E-state index contributed by atoms with van der Waals surface area (Å²) in [4.78, 5) is 25.0. The molecule has 6 heteroatoms. The predicted octanol–water partition coefficient (Wildman–Crippen LogP) is 8.08. The second-order valence-corrected chi connectivity index (χ2v) is 15.6. The van der Waals surface area contributed by atoms with Crippen LogP contribution in [0.3, 0.4) is 0 Å². The average Bonchev–Trinajstić information content (AvgIpc) is 2.90. The number of carbonyl (C=O) groups excluding carboxylic acids is 2. The van der Waals surface area contributed by atoms with Crippen molar-refractivity contribution in [2.24, 2.45) is 0 Å². The van der Waals surface area contributed by atoms with Crippen LogP contribution in [0.2, 0.25) is 0 Å². The molecule has 4 N–H and O–H groups in total. The fourth-order valence-electron chi connectivity index (χ4n) is 5.54. The first-order valence-electron chi connectivity index (χ1n) is 16.5. The molecular formula is C38H60N2O4. The highest BCUT2D eigenvalue weighted by atomic mass is 16.3. The van der Waals surface area contributed by atoms with E-state index in [0.29, 0.717) is 50.3 Å². The minimum absolute atomic E-state index is 0.0153. The van der Waals surface area contributed by atoms with E-state index in [9.17, 15) is 19.8 Å². The molecule has 1 atom stereocenters. The smallest absolute Gasteiger partial charge is 0.220 e. The Morgan fingerprint density at radius 1 is 0.682 bits per heavy atom. The number of hydrogen-bond donors (Lipinski definition) is 4. The third-order valence-corrected chi connectivity index (χ3v) is 8.31. The van der Waals surface area contributed by atoms with Crippen LogP contribution in [0.5, 0.6) is 11.5 Å². The monoisotopic (exact) mass is 608 g/mol. The van der Waals surface area contributed by atoms with E-state index in [0.717, 1.165) is 52.6 Å². The number of rotatable bonds is 13. The van der Waals surface area contributed by atoms with Crippen molar-refractivity contribution >= 4 is 11.8 Å². The van der Waals surface area contributed by atoms with E-state index in [-0.39, 0.29) is 34.0 Å². The van der Waals surface area contributed by atoms with Gasteiger partial charge in [0.1, 0.15) is 11.5 Å². The normalized spacial score (nSPS) is 13.1. The molecule has 0 spiro atoms. The molecule has 0 aliphatic rings. The van der Waals surface area contributed by atoms with Crippen LogP contribution in [0.1, 0.15) is 148 Å². The van der Waals surface area contributed by atoms with Gasteiger partial charge >= 0.3 is 0 Å². The van der Waals surface area contributed by atoms with Gasteiger partial charge in [-0.25, -0.2) is 0 Å². The zero-order valence-corrected chi connectivity index (χ0v) is 29.5. The first-order chi connectivity index (χ1) is 20.3. The molecule has 0 bridgehead atoms. The maximum absolute atomic E-state index is 12.8. The van der Waals surface area contributed by atoms with E-state index in [4.69, 9.17) is 0 Å². The summed E-state index contributed by atoms with van der Waals surface area (Å²) >= 11 is 0. The molecule has 2 aromatic carbocycles. The van der Waals surface area contributed by atoms with Crippen molar-refractivity contribution in [1.29, 1.82) is 0 Å². The summed E-state index contributed by atoms with van der Waals surface area (Å²) in [6.07, 6.45) is 4.58. The van der Waals surface area contributed by atoms with Crippen molar-refractivity contribution < 1.29 is 19.8 Å². The minimum atomic E-state index is -0.230. The zero-order valence-electron chi connectivity index (χ0n) is 29.5. The fourth-order valence-corrected chi connectivity index (χ4v) is 5.54. The maximum atomic E-state index is 12.8. The largest absolute Gasteiger partial charge is 0.507 e. The number of carbonyl (C=O) groups is 2. The molecule has 246 valence electrons. The van der Waals surface area contributed by atoms with Crippen LogP contribution in [0, 0.1) is 0 Å². The summed E-state index contributed by atoms with van der Waals surface area (Å²) in [5.74, 6) is 0.867. The number of amides is 2. The number of nitrogens with one attached hydrogen (secondary N) is 2. The predicted molar refractivity (Wildman–Crippen MR) is 183 cm³/mol. The molecule has 0 radical (unpaired) electrons. The van der Waals surface area contributed by atoms with Gasteiger partial charge in [-0.15, -0.1) is 0 Å². The van der Waals surface area contributed by atoms with Gasteiger partial charge in [0.15, 0.2) is 0 Å². The van der Waals surface area contributed by atoms with Crippen molar-refractivity contribution in [3.63, 3.8) is 0 Å². The van der Waals surface area contributed by atoms with Gasteiger partial charge in [0.05, 0.1) is 0 Å². The van der Waals surface area contributed by atoms with Gasteiger partial charge in [-0.3, -0.25) is 9.59 Å². The third kappa shape index (κ3) is 10.9. The number of hydrogen-bond acceptors (Lipinski definition) is 4. The van der Waals surface area contributed by atoms with E-state index in [1.165, 1.54) is 0 Å². The molecule has 2 aromatic rings. The van der Waals surface area contributed by atoms with Gasteiger partial charge in [0.25, 0.3) is 0 Å². The summed E-state index contributed by atoms with van der Waals surface area (Å²) in [5, 5.41) is 28.2. The second-order valence-electron chi connectivity index (χ2n) is 15.6. The van der Waals surface area contributed by atoms with E-state index in [1.54, 1.807) is 0 Å². The first kappa shape index (κ1) is 37.2.